The zero-order valence-corrected chi connectivity index (χ0v) is 13.5. The van der Waals surface area contributed by atoms with Crippen molar-refractivity contribution in [2.75, 3.05) is 6.54 Å². The topological polar surface area (TPSA) is 74.7 Å². The van der Waals surface area contributed by atoms with Crippen LogP contribution >= 0.6 is 0 Å². The Hall–Kier alpha value is -2.43. The Bertz CT molecular complexity index is 707. The van der Waals surface area contributed by atoms with E-state index >= 15 is 0 Å². The third kappa shape index (κ3) is 3.40. The van der Waals surface area contributed by atoms with Gasteiger partial charge in [-0.3, -0.25) is 9.59 Å². The number of carbonyl (C=O) groups is 3. The average Bonchev–Trinajstić information content (AvgIpc) is 3.09. The Morgan fingerprint density at radius 1 is 1.04 bits per heavy atom. The van der Waals surface area contributed by atoms with Crippen LogP contribution in [-0.2, 0) is 22.4 Å². The summed E-state index contributed by atoms with van der Waals surface area (Å²) >= 11 is 0. The molecule has 1 aliphatic heterocycles. The van der Waals surface area contributed by atoms with E-state index in [4.69, 9.17) is 5.11 Å². The normalized spacial score (nSPS) is 20.2. The maximum atomic E-state index is 12.3. The highest BCUT2D eigenvalue weighted by atomic mass is 16.4. The van der Waals surface area contributed by atoms with Gasteiger partial charge in [-0.15, -0.1) is 0 Å². The predicted octanol–water partition coefficient (Wildman–Crippen LogP) is 2.38. The molecule has 24 heavy (non-hydrogen) atoms. The van der Waals surface area contributed by atoms with E-state index in [2.05, 4.69) is 0 Å². The summed E-state index contributed by atoms with van der Waals surface area (Å²) in [6.45, 7) is 0.424. The number of carboxylic acids is 1. The van der Waals surface area contributed by atoms with Gasteiger partial charge in [0.15, 0.2) is 5.78 Å². The van der Waals surface area contributed by atoms with Crippen molar-refractivity contribution in [3.05, 3.63) is 47.0 Å². The van der Waals surface area contributed by atoms with Gasteiger partial charge in [0.25, 0.3) is 0 Å². The third-order valence-corrected chi connectivity index (χ3v) is 4.83. The van der Waals surface area contributed by atoms with Gasteiger partial charge >= 0.3 is 5.97 Å². The lowest BCUT2D eigenvalue weighted by Gasteiger charge is -2.19. The smallest absolute Gasteiger partial charge is 0.326 e. The van der Waals surface area contributed by atoms with Gasteiger partial charge in [-0.25, -0.2) is 4.79 Å². The van der Waals surface area contributed by atoms with E-state index in [0.717, 1.165) is 19.3 Å². The molecule has 1 aromatic carbocycles. The highest BCUT2D eigenvalue weighted by Crippen LogP contribution is 2.22. The zero-order valence-electron chi connectivity index (χ0n) is 13.5. The van der Waals surface area contributed by atoms with Crippen molar-refractivity contribution in [3.8, 4) is 0 Å². The SMILES string of the molecule is O=C(C=CC(=O)N1CCC[C@H]1C(=O)O)c1ccc2c(c1)CCCC2. The second-order valence-electron chi connectivity index (χ2n) is 6.42. The molecule has 1 fully saturated rings. The first-order chi connectivity index (χ1) is 11.6. The molecule has 1 saturated heterocycles. The maximum absolute atomic E-state index is 12.3. The molecule has 1 aromatic rings. The number of benzene rings is 1. The molecule has 2 aliphatic rings. The van der Waals surface area contributed by atoms with Gasteiger partial charge in [-0.2, -0.15) is 0 Å². The van der Waals surface area contributed by atoms with Gasteiger partial charge in [0, 0.05) is 18.2 Å². The minimum atomic E-state index is -0.990. The molecule has 3 rings (SSSR count). The van der Waals surface area contributed by atoms with Crippen LogP contribution in [0.1, 0.15) is 47.2 Å². The number of carboxylic acid groups (broad SMARTS) is 1. The Morgan fingerprint density at radius 2 is 1.79 bits per heavy atom. The maximum Gasteiger partial charge on any atom is 0.326 e. The minimum Gasteiger partial charge on any atom is -0.480 e. The summed E-state index contributed by atoms with van der Waals surface area (Å²) in [4.78, 5) is 36.9. The fourth-order valence-corrected chi connectivity index (χ4v) is 3.51. The first-order valence-electron chi connectivity index (χ1n) is 8.44. The van der Waals surface area contributed by atoms with Crippen LogP contribution in [-0.4, -0.2) is 40.3 Å². The fourth-order valence-electron chi connectivity index (χ4n) is 3.51. The number of likely N-dealkylation sites (tertiary alicyclic amines) is 1. The van der Waals surface area contributed by atoms with Crippen molar-refractivity contribution in [3.63, 3.8) is 0 Å². The van der Waals surface area contributed by atoms with E-state index in [-0.39, 0.29) is 5.78 Å². The average molecular weight is 327 g/mol. The molecule has 1 heterocycles. The van der Waals surface area contributed by atoms with Crippen molar-refractivity contribution in [2.24, 2.45) is 0 Å². The summed E-state index contributed by atoms with van der Waals surface area (Å²) in [6, 6.07) is 4.94. The number of aryl methyl sites for hydroxylation is 2. The molecule has 1 atom stereocenters. The fraction of sp³-hybridized carbons (Fsp3) is 0.421. The number of hydrogen-bond donors (Lipinski definition) is 1. The van der Waals surface area contributed by atoms with Crippen LogP contribution in [0.15, 0.2) is 30.4 Å². The number of fused-ring (bicyclic) bond motifs is 1. The molecule has 5 nitrogen and oxygen atoms in total. The van der Waals surface area contributed by atoms with Crippen molar-refractivity contribution in [1.29, 1.82) is 0 Å². The third-order valence-electron chi connectivity index (χ3n) is 4.83. The highest BCUT2D eigenvalue weighted by Gasteiger charge is 2.32. The largest absolute Gasteiger partial charge is 0.480 e. The highest BCUT2D eigenvalue weighted by molar-refractivity contribution is 6.08. The molecule has 0 radical (unpaired) electrons. The number of ketones is 1. The van der Waals surface area contributed by atoms with Gasteiger partial charge < -0.3 is 10.0 Å². The molecule has 1 amide bonds. The van der Waals surface area contributed by atoms with E-state index in [1.807, 2.05) is 12.1 Å². The Kier molecular flexibility index (Phi) is 4.79. The van der Waals surface area contributed by atoms with Crippen molar-refractivity contribution in [2.45, 2.75) is 44.6 Å². The molecule has 0 unspecified atom stereocenters. The molecule has 0 bridgehead atoms. The predicted molar refractivity (Wildman–Crippen MR) is 88.9 cm³/mol. The summed E-state index contributed by atoms with van der Waals surface area (Å²) in [5.41, 5.74) is 3.10. The molecule has 1 N–H and O–H groups in total. The van der Waals surface area contributed by atoms with Crippen molar-refractivity contribution in [1.82, 2.24) is 4.90 Å². The van der Waals surface area contributed by atoms with Crippen LogP contribution in [0.2, 0.25) is 0 Å². The summed E-state index contributed by atoms with van der Waals surface area (Å²) in [5, 5.41) is 9.12. The molecule has 0 saturated carbocycles. The Morgan fingerprint density at radius 3 is 2.54 bits per heavy atom. The first kappa shape index (κ1) is 16.4. The first-order valence-corrected chi connectivity index (χ1v) is 8.44. The molecule has 0 spiro atoms. The van der Waals surface area contributed by atoms with Gasteiger partial charge in [-0.05, 0) is 61.8 Å². The number of carbonyl (C=O) groups excluding carboxylic acids is 2. The molecule has 126 valence electrons. The summed E-state index contributed by atoms with van der Waals surface area (Å²) in [6.07, 6.45) is 7.98. The van der Waals surface area contributed by atoms with Gasteiger partial charge in [0.2, 0.25) is 5.91 Å². The standard InChI is InChI=1S/C19H21NO4/c21-17(15-8-7-13-4-1-2-5-14(13)12-15)9-10-18(22)20-11-3-6-16(20)19(23)24/h7-10,12,16H,1-6,11H2,(H,23,24)/t16-/m0/s1. The van der Waals surface area contributed by atoms with E-state index in [1.165, 1.54) is 34.6 Å². The van der Waals surface area contributed by atoms with Crippen LogP contribution in [0.3, 0.4) is 0 Å². The number of allylic oxidation sites excluding steroid dienone is 1. The van der Waals surface area contributed by atoms with Crippen LogP contribution in [0, 0.1) is 0 Å². The van der Waals surface area contributed by atoms with Gasteiger partial charge in [0.05, 0.1) is 0 Å². The number of amides is 1. The van der Waals surface area contributed by atoms with Crippen LogP contribution in [0.25, 0.3) is 0 Å². The quantitative estimate of drug-likeness (QED) is 0.680. The summed E-state index contributed by atoms with van der Waals surface area (Å²) < 4.78 is 0. The van der Waals surface area contributed by atoms with Crippen LogP contribution in [0.5, 0.6) is 0 Å². The summed E-state index contributed by atoms with van der Waals surface area (Å²) in [5.74, 6) is -1.62. The van der Waals surface area contributed by atoms with Gasteiger partial charge in [0.1, 0.15) is 6.04 Å². The summed E-state index contributed by atoms with van der Waals surface area (Å²) in [7, 11) is 0. The van der Waals surface area contributed by atoms with Crippen LogP contribution < -0.4 is 0 Å². The Balaban J connectivity index is 1.69. The zero-order chi connectivity index (χ0) is 17.1. The number of hydrogen-bond acceptors (Lipinski definition) is 3. The van der Waals surface area contributed by atoms with E-state index in [0.29, 0.717) is 24.9 Å². The molecule has 0 aromatic heterocycles. The van der Waals surface area contributed by atoms with Crippen molar-refractivity contribution < 1.29 is 19.5 Å². The second-order valence-corrected chi connectivity index (χ2v) is 6.42. The number of aliphatic carboxylic acids is 1. The van der Waals surface area contributed by atoms with E-state index in [1.54, 1.807) is 6.07 Å². The molecule has 1 aliphatic carbocycles. The number of nitrogens with zero attached hydrogens (tertiary/aromatic N) is 1. The monoisotopic (exact) mass is 327 g/mol. The lowest BCUT2D eigenvalue weighted by Crippen LogP contribution is -2.39. The Labute approximate surface area is 141 Å². The van der Waals surface area contributed by atoms with Gasteiger partial charge in [-0.1, -0.05) is 12.1 Å². The molecule has 5 heteroatoms. The molecular weight excluding hydrogens is 306 g/mol. The minimum absolute atomic E-state index is 0.220. The lowest BCUT2D eigenvalue weighted by atomic mass is 9.90. The number of rotatable bonds is 4. The van der Waals surface area contributed by atoms with Crippen LogP contribution in [0.4, 0.5) is 0 Å². The second kappa shape index (κ2) is 6.99. The van der Waals surface area contributed by atoms with E-state index < -0.39 is 17.9 Å². The molecular formula is C19H21NO4. The van der Waals surface area contributed by atoms with Crippen molar-refractivity contribution >= 4 is 17.7 Å². The lowest BCUT2D eigenvalue weighted by molar-refractivity contribution is -0.146. The van der Waals surface area contributed by atoms with E-state index in [9.17, 15) is 14.4 Å².